The summed E-state index contributed by atoms with van der Waals surface area (Å²) in [5.41, 5.74) is 1.06. The molecule has 1 heterocycles. The molecule has 0 aliphatic heterocycles. The van der Waals surface area contributed by atoms with E-state index in [2.05, 4.69) is 20.9 Å². The first-order valence-corrected chi connectivity index (χ1v) is 6.55. The van der Waals surface area contributed by atoms with E-state index in [0.29, 0.717) is 23.1 Å². The number of halogens is 2. The normalized spacial score (nSPS) is 10.4. The van der Waals surface area contributed by atoms with E-state index in [1.807, 2.05) is 24.3 Å². The number of aliphatic hydroxyl groups excluding tert-OH is 1. The number of aromatic nitrogens is 1. The molecule has 0 atom stereocenters. The van der Waals surface area contributed by atoms with Gasteiger partial charge in [0.05, 0.1) is 0 Å². The number of nitrogens with zero attached hydrogens (tertiary/aromatic N) is 1. The van der Waals surface area contributed by atoms with Gasteiger partial charge in [0.1, 0.15) is 10.8 Å². The third kappa shape index (κ3) is 3.45. The molecule has 2 rings (SSSR count). The minimum Gasteiger partial charge on any atom is -0.438 e. The zero-order valence-corrected chi connectivity index (χ0v) is 11.8. The second-order valence-electron chi connectivity index (χ2n) is 3.66. The topological polar surface area (TPSA) is 42.4 Å². The Morgan fingerprint density at radius 3 is 2.61 bits per heavy atom. The molecule has 0 saturated heterocycles. The third-order valence-corrected chi connectivity index (χ3v) is 3.02. The van der Waals surface area contributed by atoms with Gasteiger partial charge in [-0.25, -0.2) is 4.98 Å². The number of rotatable bonds is 4. The van der Waals surface area contributed by atoms with Crippen molar-refractivity contribution in [2.45, 2.75) is 6.42 Å². The lowest BCUT2D eigenvalue weighted by Gasteiger charge is -2.07. The molecule has 1 aromatic heterocycles. The van der Waals surface area contributed by atoms with Crippen molar-refractivity contribution in [2.24, 2.45) is 0 Å². The number of benzene rings is 1. The van der Waals surface area contributed by atoms with Crippen molar-refractivity contribution in [1.82, 2.24) is 4.98 Å². The van der Waals surface area contributed by atoms with E-state index in [0.717, 1.165) is 10.0 Å². The Hall–Kier alpha value is -1.10. The van der Waals surface area contributed by atoms with E-state index >= 15 is 0 Å². The smallest absolute Gasteiger partial charge is 0.238 e. The maximum atomic E-state index is 8.82. The Kier molecular flexibility index (Phi) is 4.58. The number of hydrogen-bond acceptors (Lipinski definition) is 3. The summed E-state index contributed by atoms with van der Waals surface area (Å²) in [7, 11) is 0. The summed E-state index contributed by atoms with van der Waals surface area (Å²) in [6.45, 7) is 0.139. The molecule has 0 aliphatic carbocycles. The molecule has 2 aromatic rings. The van der Waals surface area contributed by atoms with E-state index in [1.54, 1.807) is 12.3 Å². The van der Waals surface area contributed by atoms with Gasteiger partial charge in [-0.15, -0.1) is 0 Å². The molecule has 0 aliphatic rings. The maximum absolute atomic E-state index is 8.82. The number of aliphatic hydroxyl groups is 1. The van der Waals surface area contributed by atoms with E-state index in [4.69, 9.17) is 21.4 Å². The Labute approximate surface area is 119 Å². The molecule has 0 radical (unpaired) electrons. The Bertz CT molecular complexity index is 531. The monoisotopic (exact) mass is 327 g/mol. The minimum atomic E-state index is 0.139. The van der Waals surface area contributed by atoms with Gasteiger partial charge in [-0.05, 0) is 46.1 Å². The van der Waals surface area contributed by atoms with Crippen molar-refractivity contribution in [3.05, 3.63) is 51.6 Å². The SMILES string of the molecule is OCCc1ccc(Oc2ncc(Br)cc2Cl)cc1. The largest absolute Gasteiger partial charge is 0.438 e. The summed E-state index contributed by atoms with van der Waals surface area (Å²) < 4.78 is 6.37. The molecule has 0 saturated carbocycles. The summed E-state index contributed by atoms with van der Waals surface area (Å²) in [5.74, 6) is 1.03. The first-order chi connectivity index (χ1) is 8.69. The highest BCUT2D eigenvalue weighted by atomic mass is 79.9. The van der Waals surface area contributed by atoms with E-state index in [-0.39, 0.29) is 6.61 Å². The number of ether oxygens (including phenoxy) is 1. The summed E-state index contributed by atoms with van der Waals surface area (Å²) >= 11 is 9.29. The molecule has 0 amide bonds. The Morgan fingerprint density at radius 1 is 1.28 bits per heavy atom. The van der Waals surface area contributed by atoms with Crippen LogP contribution in [0.5, 0.6) is 11.6 Å². The molecule has 0 fully saturated rings. The van der Waals surface area contributed by atoms with Crippen LogP contribution < -0.4 is 4.74 Å². The van der Waals surface area contributed by atoms with Crippen molar-refractivity contribution in [3.63, 3.8) is 0 Å². The Balaban J connectivity index is 2.13. The van der Waals surface area contributed by atoms with E-state index in [1.165, 1.54) is 0 Å². The first-order valence-electron chi connectivity index (χ1n) is 5.38. The lowest BCUT2D eigenvalue weighted by molar-refractivity contribution is 0.299. The van der Waals surface area contributed by atoms with Crippen LogP contribution in [0, 0.1) is 0 Å². The highest BCUT2D eigenvalue weighted by molar-refractivity contribution is 9.10. The van der Waals surface area contributed by atoms with Crippen LogP contribution in [0.2, 0.25) is 5.02 Å². The first kappa shape index (κ1) is 13.3. The Morgan fingerprint density at radius 2 is 2.00 bits per heavy atom. The van der Waals surface area contributed by atoms with Gasteiger partial charge in [-0.2, -0.15) is 0 Å². The fourth-order valence-corrected chi connectivity index (χ4v) is 2.11. The maximum Gasteiger partial charge on any atom is 0.238 e. The molecule has 0 unspecified atom stereocenters. The summed E-state index contributed by atoms with van der Waals surface area (Å²) in [4.78, 5) is 4.09. The van der Waals surface area contributed by atoms with Crippen molar-refractivity contribution in [2.75, 3.05) is 6.61 Å². The second-order valence-corrected chi connectivity index (χ2v) is 4.98. The highest BCUT2D eigenvalue weighted by Gasteiger charge is 2.05. The third-order valence-electron chi connectivity index (χ3n) is 2.31. The van der Waals surface area contributed by atoms with Crippen LogP contribution >= 0.6 is 27.5 Å². The highest BCUT2D eigenvalue weighted by Crippen LogP contribution is 2.29. The number of pyridine rings is 1. The van der Waals surface area contributed by atoms with Gasteiger partial charge in [0, 0.05) is 17.3 Å². The fourth-order valence-electron chi connectivity index (χ4n) is 1.44. The van der Waals surface area contributed by atoms with Crippen LogP contribution in [0.25, 0.3) is 0 Å². The van der Waals surface area contributed by atoms with Crippen LogP contribution in [0.3, 0.4) is 0 Å². The molecule has 1 N–H and O–H groups in total. The molecule has 1 aromatic carbocycles. The van der Waals surface area contributed by atoms with Gasteiger partial charge in [-0.3, -0.25) is 0 Å². The summed E-state index contributed by atoms with van der Waals surface area (Å²) in [5, 5.41) is 9.27. The van der Waals surface area contributed by atoms with Gasteiger partial charge in [0.25, 0.3) is 0 Å². The summed E-state index contributed by atoms with van der Waals surface area (Å²) in [6.07, 6.45) is 2.26. The molecular formula is C13H11BrClNO2. The average molecular weight is 329 g/mol. The quantitative estimate of drug-likeness (QED) is 0.927. The van der Waals surface area contributed by atoms with Crippen molar-refractivity contribution in [1.29, 1.82) is 0 Å². The van der Waals surface area contributed by atoms with Gasteiger partial charge < -0.3 is 9.84 Å². The van der Waals surface area contributed by atoms with Crippen molar-refractivity contribution in [3.8, 4) is 11.6 Å². The minimum absolute atomic E-state index is 0.139. The van der Waals surface area contributed by atoms with Crippen LogP contribution in [-0.4, -0.2) is 16.7 Å². The average Bonchev–Trinajstić information content (AvgIpc) is 2.35. The van der Waals surface area contributed by atoms with Crippen molar-refractivity contribution >= 4 is 27.5 Å². The van der Waals surface area contributed by atoms with Gasteiger partial charge >= 0.3 is 0 Å². The lowest BCUT2D eigenvalue weighted by atomic mass is 10.1. The standard InChI is InChI=1S/C13H11BrClNO2/c14-10-7-12(15)13(16-8-10)18-11-3-1-9(2-4-11)5-6-17/h1-4,7-8,17H,5-6H2. The van der Waals surface area contributed by atoms with Crippen LogP contribution in [0.1, 0.15) is 5.56 Å². The second kappa shape index (κ2) is 6.18. The fraction of sp³-hybridized carbons (Fsp3) is 0.154. The number of hydrogen-bond donors (Lipinski definition) is 1. The van der Waals surface area contributed by atoms with Gasteiger partial charge in [-0.1, -0.05) is 23.7 Å². The molecule has 5 heteroatoms. The summed E-state index contributed by atoms with van der Waals surface area (Å²) in [6, 6.07) is 9.18. The lowest BCUT2D eigenvalue weighted by Crippen LogP contribution is -1.92. The predicted molar refractivity (Wildman–Crippen MR) is 74.3 cm³/mol. The zero-order chi connectivity index (χ0) is 13.0. The predicted octanol–water partition coefficient (Wildman–Crippen LogP) is 3.82. The molecule has 0 bridgehead atoms. The zero-order valence-electron chi connectivity index (χ0n) is 9.44. The molecule has 0 spiro atoms. The molecule has 18 heavy (non-hydrogen) atoms. The van der Waals surface area contributed by atoms with Crippen molar-refractivity contribution < 1.29 is 9.84 Å². The van der Waals surface area contributed by atoms with Gasteiger partial charge in [0.15, 0.2) is 0 Å². The van der Waals surface area contributed by atoms with Crippen LogP contribution in [0.4, 0.5) is 0 Å². The van der Waals surface area contributed by atoms with E-state index in [9.17, 15) is 0 Å². The van der Waals surface area contributed by atoms with Crippen LogP contribution in [0.15, 0.2) is 41.0 Å². The van der Waals surface area contributed by atoms with Gasteiger partial charge in [0.2, 0.25) is 5.88 Å². The van der Waals surface area contributed by atoms with Crippen LogP contribution in [-0.2, 0) is 6.42 Å². The molecule has 94 valence electrons. The molecule has 3 nitrogen and oxygen atoms in total. The molecular weight excluding hydrogens is 318 g/mol. The van der Waals surface area contributed by atoms with E-state index < -0.39 is 0 Å².